The molecule has 7 nitrogen and oxygen atoms in total. The van der Waals surface area contributed by atoms with Gasteiger partial charge in [-0.3, -0.25) is 14.6 Å². The first kappa shape index (κ1) is 16.9. The van der Waals surface area contributed by atoms with E-state index < -0.39 is 0 Å². The molecule has 1 fully saturated rings. The van der Waals surface area contributed by atoms with E-state index in [9.17, 15) is 0 Å². The van der Waals surface area contributed by atoms with E-state index in [-0.39, 0.29) is 12.0 Å². The second-order valence-corrected chi connectivity index (χ2v) is 6.44. The molecule has 0 radical (unpaired) electrons. The van der Waals surface area contributed by atoms with Crippen LogP contribution in [-0.4, -0.2) is 58.3 Å². The molecule has 2 atom stereocenters. The number of hydrogen-bond donors (Lipinski definition) is 0. The van der Waals surface area contributed by atoms with Crippen LogP contribution >= 0.6 is 0 Å². The first-order valence-electron chi connectivity index (χ1n) is 8.14. The Bertz CT molecular complexity index is 715. The molecule has 0 N–H and O–H groups in total. The molecule has 0 spiro atoms. The normalized spacial score (nSPS) is 21.4. The number of methoxy groups -OCH3 is 2. The van der Waals surface area contributed by atoms with E-state index in [1.165, 1.54) is 0 Å². The Labute approximate surface area is 142 Å². The maximum Gasteiger partial charge on any atom is 0.128 e. The average Bonchev–Trinajstić information content (AvgIpc) is 3.16. The molecule has 0 amide bonds. The minimum absolute atomic E-state index is 0.120. The first-order chi connectivity index (χ1) is 11.5. The summed E-state index contributed by atoms with van der Waals surface area (Å²) >= 11 is 0. The summed E-state index contributed by atoms with van der Waals surface area (Å²) in [7, 11) is 5.35. The number of pyridine rings is 1. The second kappa shape index (κ2) is 6.86. The SMILES string of the molecule is COc1c(C)cnc(CN2C[C@@H](OC)[C@H](c3cn(C)nn3)C2)c1C. The van der Waals surface area contributed by atoms with Crippen LogP contribution in [0.25, 0.3) is 0 Å². The van der Waals surface area contributed by atoms with Gasteiger partial charge in [0.1, 0.15) is 5.75 Å². The van der Waals surface area contributed by atoms with Crippen LogP contribution in [0.4, 0.5) is 0 Å². The number of aryl methyl sites for hydroxylation is 2. The zero-order valence-corrected chi connectivity index (χ0v) is 15.0. The molecule has 0 saturated carbocycles. The fourth-order valence-corrected chi connectivity index (χ4v) is 3.48. The van der Waals surface area contributed by atoms with Crippen molar-refractivity contribution < 1.29 is 9.47 Å². The van der Waals surface area contributed by atoms with Gasteiger partial charge in [0.05, 0.1) is 24.6 Å². The Hall–Kier alpha value is -1.99. The number of likely N-dealkylation sites (tertiary alicyclic amines) is 1. The third-order valence-corrected chi connectivity index (χ3v) is 4.77. The van der Waals surface area contributed by atoms with Gasteiger partial charge in [-0.1, -0.05) is 5.21 Å². The topological polar surface area (TPSA) is 65.3 Å². The first-order valence-corrected chi connectivity index (χ1v) is 8.14. The van der Waals surface area contributed by atoms with E-state index in [1.54, 1.807) is 18.9 Å². The third kappa shape index (κ3) is 3.14. The molecule has 1 aliphatic heterocycles. The molecule has 24 heavy (non-hydrogen) atoms. The number of rotatable bonds is 5. The average molecular weight is 331 g/mol. The van der Waals surface area contributed by atoms with E-state index in [0.29, 0.717) is 0 Å². The van der Waals surface area contributed by atoms with Crippen molar-refractivity contribution in [1.82, 2.24) is 24.9 Å². The Morgan fingerprint density at radius 3 is 2.67 bits per heavy atom. The highest BCUT2D eigenvalue weighted by molar-refractivity contribution is 5.41. The van der Waals surface area contributed by atoms with Crippen molar-refractivity contribution >= 4 is 0 Å². The highest BCUT2D eigenvalue weighted by Gasteiger charge is 2.36. The lowest BCUT2D eigenvalue weighted by Gasteiger charge is -2.18. The maximum absolute atomic E-state index is 5.69. The van der Waals surface area contributed by atoms with Gasteiger partial charge in [-0.2, -0.15) is 0 Å². The molecular formula is C17H25N5O2. The molecule has 0 aromatic carbocycles. The minimum Gasteiger partial charge on any atom is -0.496 e. The Balaban J connectivity index is 1.77. The zero-order valence-electron chi connectivity index (χ0n) is 15.0. The molecule has 7 heteroatoms. The number of ether oxygens (including phenoxy) is 2. The largest absolute Gasteiger partial charge is 0.496 e. The summed E-state index contributed by atoms with van der Waals surface area (Å²) < 4.78 is 12.9. The van der Waals surface area contributed by atoms with Gasteiger partial charge in [0.15, 0.2) is 0 Å². The van der Waals surface area contributed by atoms with Crippen molar-refractivity contribution in [2.24, 2.45) is 7.05 Å². The van der Waals surface area contributed by atoms with Gasteiger partial charge in [-0.05, 0) is 13.8 Å². The Morgan fingerprint density at radius 2 is 2.04 bits per heavy atom. The lowest BCUT2D eigenvalue weighted by atomic mass is 10.0. The molecule has 3 rings (SSSR count). The van der Waals surface area contributed by atoms with Gasteiger partial charge >= 0.3 is 0 Å². The highest BCUT2D eigenvalue weighted by atomic mass is 16.5. The smallest absolute Gasteiger partial charge is 0.128 e. The van der Waals surface area contributed by atoms with Crippen LogP contribution in [0, 0.1) is 13.8 Å². The zero-order chi connectivity index (χ0) is 17.3. The lowest BCUT2D eigenvalue weighted by molar-refractivity contribution is 0.0956. The summed E-state index contributed by atoms with van der Waals surface area (Å²) in [5, 5.41) is 8.31. The summed E-state index contributed by atoms with van der Waals surface area (Å²) in [4.78, 5) is 6.97. The van der Waals surface area contributed by atoms with Crippen molar-refractivity contribution in [2.45, 2.75) is 32.4 Å². The van der Waals surface area contributed by atoms with Crippen molar-refractivity contribution in [3.63, 3.8) is 0 Å². The molecule has 2 aromatic heterocycles. The second-order valence-electron chi connectivity index (χ2n) is 6.44. The van der Waals surface area contributed by atoms with Crippen LogP contribution in [0.3, 0.4) is 0 Å². The van der Waals surface area contributed by atoms with Crippen molar-refractivity contribution in [2.75, 3.05) is 27.3 Å². The summed E-state index contributed by atoms with van der Waals surface area (Å²) in [6.07, 6.45) is 3.97. The molecule has 1 saturated heterocycles. The lowest BCUT2D eigenvalue weighted by Crippen LogP contribution is -2.23. The molecule has 0 aliphatic carbocycles. The van der Waals surface area contributed by atoms with Gasteiger partial charge < -0.3 is 9.47 Å². The van der Waals surface area contributed by atoms with Crippen LogP contribution in [0.5, 0.6) is 5.75 Å². The predicted octanol–water partition coefficient (Wildman–Crippen LogP) is 1.45. The molecule has 130 valence electrons. The van der Waals surface area contributed by atoms with Crippen molar-refractivity contribution in [3.05, 3.63) is 34.9 Å². The maximum atomic E-state index is 5.69. The Kier molecular flexibility index (Phi) is 4.82. The van der Waals surface area contributed by atoms with Crippen LogP contribution in [0.15, 0.2) is 12.4 Å². The van der Waals surface area contributed by atoms with Crippen LogP contribution < -0.4 is 4.74 Å². The van der Waals surface area contributed by atoms with E-state index in [1.807, 2.05) is 26.4 Å². The van der Waals surface area contributed by atoms with Crippen molar-refractivity contribution in [1.29, 1.82) is 0 Å². The van der Waals surface area contributed by atoms with E-state index in [0.717, 1.165) is 47.9 Å². The molecule has 3 heterocycles. The monoisotopic (exact) mass is 331 g/mol. The van der Waals surface area contributed by atoms with E-state index in [2.05, 4.69) is 27.1 Å². The van der Waals surface area contributed by atoms with Crippen LogP contribution in [0.2, 0.25) is 0 Å². The molecule has 2 aromatic rings. The number of aromatic nitrogens is 4. The van der Waals surface area contributed by atoms with Crippen LogP contribution in [-0.2, 0) is 18.3 Å². The minimum atomic E-state index is 0.120. The molecule has 0 unspecified atom stereocenters. The Morgan fingerprint density at radius 1 is 1.25 bits per heavy atom. The predicted molar refractivity (Wildman–Crippen MR) is 90.1 cm³/mol. The molecular weight excluding hydrogens is 306 g/mol. The quantitative estimate of drug-likeness (QED) is 0.826. The fourth-order valence-electron chi connectivity index (χ4n) is 3.48. The van der Waals surface area contributed by atoms with Gasteiger partial charge in [0, 0.05) is 63.2 Å². The summed E-state index contributed by atoms with van der Waals surface area (Å²) in [5.74, 6) is 1.16. The van der Waals surface area contributed by atoms with Gasteiger partial charge in [0.25, 0.3) is 0 Å². The van der Waals surface area contributed by atoms with Gasteiger partial charge in [-0.15, -0.1) is 5.10 Å². The summed E-state index contributed by atoms with van der Waals surface area (Å²) in [6, 6.07) is 0. The van der Waals surface area contributed by atoms with E-state index in [4.69, 9.17) is 9.47 Å². The van der Waals surface area contributed by atoms with Gasteiger partial charge in [-0.25, -0.2) is 0 Å². The summed E-state index contributed by atoms with van der Waals surface area (Å²) in [5.41, 5.74) is 4.20. The van der Waals surface area contributed by atoms with Crippen LogP contribution in [0.1, 0.15) is 28.4 Å². The number of nitrogens with zero attached hydrogens (tertiary/aromatic N) is 5. The fraction of sp³-hybridized carbons (Fsp3) is 0.588. The summed E-state index contributed by atoms with van der Waals surface area (Å²) in [6.45, 7) is 6.60. The van der Waals surface area contributed by atoms with E-state index >= 15 is 0 Å². The van der Waals surface area contributed by atoms with Gasteiger partial charge in [0.2, 0.25) is 0 Å². The third-order valence-electron chi connectivity index (χ3n) is 4.77. The molecule has 0 bridgehead atoms. The highest BCUT2D eigenvalue weighted by Crippen LogP contribution is 2.31. The standard InChI is InChI=1S/C17H25N5O2/c1-11-6-18-14(12(2)17(11)24-5)9-22-7-13(16(10-22)23-4)15-8-21(3)20-19-15/h6,8,13,16H,7,9-10H2,1-5H3/t13-,16+/m0/s1. The number of hydrogen-bond acceptors (Lipinski definition) is 6. The molecule has 1 aliphatic rings. The van der Waals surface area contributed by atoms with Crippen molar-refractivity contribution in [3.8, 4) is 5.75 Å².